The van der Waals surface area contributed by atoms with Gasteiger partial charge in [-0.1, -0.05) is 12.1 Å². The highest BCUT2D eigenvalue weighted by Gasteiger charge is 2.20. The minimum Gasteiger partial charge on any atom is -0.378 e. The molecule has 0 unspecified atom stereocenters. The predicted octanol–water partition coefficient (Wildman–Crippen LogP) is 2.20. The van der Waals surface area contributed by atoms with E-state index in [0.717, 1.165) is 43.1 Å². The third-order valence-corrected chi connectivity index (χ3v) is 4.46. The summed E-state index contributed by atoms with van der Waals surface area (Å²) in [5, 5.41) is 0. The number of amides is 1. The van der Waals surface area contributed by atoms with Crippen LogP contribution < -0.4 is 4.90 Å². The Morgan fingerprint density at radius 1 is 1.08 bits per heavy atom. The van der Waals surface area contributed by atoms with E-state index in [0.29, 0.717) is 5.56 Å². The molecule has 2 heterocycles. The fourth-order valence-corrected chi connectivity index (χ4v) is 2.86. The number of aromatic nitrogens is 1. The molecule has 24 heavy (non-hydrogen) atoms. The molecule has 1 aromatic heterocycles. The Bertz CT molecular complexity index is 721. The van der Waals surface area contributed by atoms with Gasteiger partial charge in [-0.05, 0) is 31.3 Å². The average Bonchev–Trinajstić information content (AvgIpc) is 2.62. The highest BCUT2D eigenvalue weighted by Crippen LogP contribution is 2.23. The van der Waals surface area contributed by atoms with Crippen molar-refractivity contribution in [2.45, 2.75) is 0 Å². The predicted molar refractivity (Wildman–Crippen MR) is 97.4 cm³/mol. The number of hydrogen-bond acceptors (Lipinski definition) is 4. The van der Waals surface area contributed by atoms with Crippen LogP contribution in [0.4, 0.5) is 5.69 Å². The van der Waals surface area contributed by atoms with Crippen molar-refractivity contribution < 1.29 is 4.79 Å². The molecule has 0 aliphatic carbocycles. The fourth-order valence-electron chi connectivity index (χ4n) is 2.86. The maximum atomic E-state index is 12.7. The number of pyridine rings is 1. The number of rotatable bonds is 3. The number of carbonyl (C=O) groups is 1. The third kappa shape index (κ3) is 3.57. The quantitative estimate of drug-likeness (QED) is 0.868. The lowest BCUT2D eigenvalue weighted by Crippen LogP contribution is -2.47. The molecule has 0 saturated carbocycles. The van der Waals surface area contributed by atoms with Crippen molar-refractivity contribution in [3.05, 3.63) is 48.2 Å². The van der Waals surface area contributed by atoms with Crippen LogP contribution in [0.2, 0.25) is 0 Å². The molecule has 1 aromatic carbocycles. The van der Waals surface area contributed by atoms with Crippen LogP contribution in [0.5, 0.6) is 0 Å². The molecular formula is C19H24N4O. The van der Waals surface area contributed by atoms with Crippen LogP contribution in [-0.2, 0) is 0 Å². The van der Waals surface area contributed by atoms with Gasteiger partial charge in [0.25, 0.3) is 5.91 Å². The van der Waals surface area contributed by atoms with E-state index in [1.165, 1.54) is 0 Å². The first kappa shape index (κ1) is 16.5. The minimum absolute atomic E-state index is 0.0931. The lowest BCUT2D eigenvalue weighted by Gasteiger charge is -2.32. The van der Waals surface area contributed by atoms with Crippen LogP contribution in [0.25, 0.3) is 11.3 Å². The lowest BCUT2D eigenvalue weighted by atomic mass is 10.1. The van der Waals surface area contributed by atoms with Crippen molar-refractivity contribution in [3.63, 3.8) is 0 Å². The number of anilines is 1. The summed E-state index contributed by atoms with van der Waals surface area (Å²) in [5.41, 5.74) is 3.68. The smallest absolute Gasteiger partial charge is 0.254 e. The minimum atomic E-state index is 0.0931. The van der Waals surface area contributed by atoms with Gasteiger partial charge in [-0.25, -0.2) is 0 Å². The lowest BCUT2D eigenvalue weighted by molar-refractivity contribution is 0.0664. The molecule has 2 aromatic rings. The monoisotopic (exact) mass is 324 g/mol. The molecule has 3 rings (SSSR count). The summed E-state index contributed by atoms with van der Waals surface area (Å²) in [5.74, 6) is 0.0931. The van der Waals surface area contributed by atoms with Gasteiger partial charge in [0.05, 0.1) is 5.69 Å². The van der Waals surface area contributed by atoms with Gasteiger partial charge in [-0.3, -0.25) is 9.78 Å². The van der Waals surface area contributed by atoms with E-state index in [-0.39, 0.29) is 5.91 Å². The maximum Gasteiger partial charge on any atom is 0.254 e. The SMILES string of the molecule is CN1CCN(C(=O)c2ccnc(-c3cccc(N(C)C)c3)c2)CC1. The van der Waals surface area contributed by atoms with E-state index in [2.05, 4.69) is 34.0 Å². The Morgan fingerprint density at radius 2 is 1.83 bits per heavy atom. The maximum absolute atomic E-state index is 12.7. The first-order valence-corrected chi connectivity index (χ1v) is 8.26. The van der Waals surface area contributed by atoms with Crippen molar-refractivity contribution in [2.24, 2.45) is 0 Å². The van der Waals surface area contributed by atoms with Crippen LogP contribution in [0, 0.1) is 0 Å². The summed E-state index contributed by atoms with van der Waals surface area (Å²) in [4.78, 5) is 23.4. The van der Waals surface area contributed by atoms with E-state index >= 15 is 0 Å². The highest BCUT2D eigenvalue weighted by atomic mass is 16.2. The van der Waals surface area contributed by atoms with Crippen LogP contribution in [0.15, 0.2) is 42.6 Å². The molecule has 0 radical (unpaired) electrons. The Morgan fingerprint density at radius 3 is 2.54 bits per heavy atom. The second kappa shape index (κ2) is 7.01. The van der Waals surface area contributed by atoms with Gasteiger partial charge in [0.1, 0.15) is 0 Å². The van der Waals surface area contributed by atoms with E-state index in [4.69, 9.17) is 0 Å². The summed E-state index contributed by atoms with van der Waals surface area (Å²) in [7, 11) is 6.11. The van der Waals surface area contributed by atoms with Crippen LogP contribution in [0.1, 0.15) is 10.4 Å². The zero-order valence-corrected chi connectivity index (χ0v) is 14.6. The topological polar surface area (TPSA) is 39.7 Å². The number of hydrogen-bond donors (Lipinski definition) is 0. The van der Waals surface area contributed by atoms with E-state index in [1.54, 1.807) is 12.3 Å². The molecule has 1 aliphatic rings. The Balaban J connectivity index is 1.84. The fraction of sp³-hybridized carbons (Fsp3) is 0.368. The number of benzene rings is 1. The summed E-state index contributed by atoms with van der Waals surface area (Å²) in [6.45, 7) is 3.41. The zero-order chi connectivity index (χ0) is 17.1. The molecule has 0 N–H and O–H groups in total. The molecule has 1 amide bonds. The van der Waals surface area contributed by atoms with Gasteiger partial charge in [0, 0.05) is 63.3 Å². The van der Waals surface area contributed by atoms with Gasteiger partial charge in [-0.2, -0.15) is 0 Å². The van der Waals surface area contributed by atoms with Crippen LogP contribution in [-0.4, -0.2) is 68.0 Å². The van der Waals surface area contributed by atoms with Crippen molar-refractivity contribution >= 4 is 11.6 Å². The summed E-state index contributed by atoms with van der Waals surface area (Å²) < 4.78 is 0. The van der Waals surface area contributed by atoms with Gasteiger partial charge in [0.2, 0.25) is 0 Å². The van der Waals surface area contributed by atoms with Crippen molar-refractivity contribution in [3.8, 4) is 11.3 Å². The van der Waals surface area contributed by atoms with Crippen molar-refractivity contribution in [1.29, 1.82) is 0 Å². The second-order valence-corrected chi connectivity index (χ2v) is 6.47. The highest BCUT2D eigenvalue weighted by molar-refractivity contribution is 5.95. The van der Waals surface area contributed by atoms with E-state index < -0.39 is 0 Å². The molecule has 5 heteroatoms. The number of piperazine rings is 1. The van der Waals surface area contributed by atoms with Crippen molar-refractivity contribution in [1.82, 2.24) is 14.8 Å². The van der Waals surface area contributed by atoms with E-state index in [9.17, 15) is 4.79 Å². The molecule has 0 atom stereocenters. The molecule has 1 saturated heterocycles. The first-order valence-electron chi connectivity index (χ1n) is 8.26. The summed E-state index contributed by atoms with van der Waals surface area (Å²) >= 11 is 0. The van der Waals surface area contributed by atoms with Gasteiger partial charge in [0.15, 0.2) is 0 Å². The first-order chi connectivity index (χ1) is 11.5. The van der Waals surface area contributed by atoms with Crippen LogP contribution in [0.3, 0.4) is 0 Å². The third-order valence-electron chi connectivity index (χ3n) is 4.46. The van der Waals surface area contributed by atoms with E-state index in [1.807, 2.05) is 37.2 Å². The Labute approximate surface area is 143 Å². The molecule has 5 nitrogen and oxygen atoms in total. The standard InChI is InChI=1S/C19H24N4O/c1-21(2)17-6-4-5-15(13-17)18-14-16(7-8-20-18)19(24)23-11-9-22(3)10-12-23/h4-8,13-14H,9-12H2,1-3H3. The average molecular weight is 324 g/mol. The van der Waals surface area contributed by atoms with Gasteiger partial charge < -0.3 is 14.7 Å². The molecular weight excluding hydrogens is 300 g/mol. The Hall–Kier alpha value is -2.40. The molecule has 0 bridgehead atoms. The number of carbonyl (C=O) groups excluding carboxylic acids is 1. The zero-order valence-electron chi connectivity index (χ0n) is 14.6. The van der Waals surface area contributed by atoms with Gasteiger partial charge >= 0.3 is 0 Å². The largest absolute Gasteiger partial charge is 0.378 e. The Kier molecular flexibility index (Phi) is 4.81. The summed E-state index contributed by atoms with van der Waals surface area (Å²) in [6, 6.07) is 11.9. The van der Waals surface area contributed by atoms with Crippen molar-refractivity contribution in [2.75, 3.05) is 52.2 Å². The number of nitrogens with zero attached hydrogens (tertiary/aromatic N) is 4. The van der Waals surface area contributed by atoms with Gasteiger partial charge in [-0.15, -0.1) is 0 Å². The summed E-state index contributed by atoms with van der Waals surface area (Å²) in [6.07, 6.45) is 1.72. The molecule has 0 spiro atoms. The number of likely N-dealkylation sites (N-methyl/N-ethyl adjacent to an activating group) is 1. The second-order valence-electron chi connectivity index (χ2n) is 6.47. The molecule has 1 aliphatic heterocycles. The normalized spacial score (nSPS) is 15.4. The molecule has 1 fully saturated rings. The molecule has 126 valence electrons. The van der Waals surface area contributed by atoms with Crippen LogP contribution >= 0.6 is 0 Å².